The van der Waals surface area contributed by atoms with Gasteiger partial charge in [-0.1, -0.05) is 20.8 Å². The Morgan fingerprint density at radius 3 is 2.37 bits per heavy atom. The molecule has 2 aliphatic rings. The summed E-state index contributed by atoms with van der Waals surface area (Å²) in [6.07, 6.45) is 3.32. The normalized spacial score (nSPS) is 14.8. The van der Waals surface area contributed by atoms with Crippen molar-refractivity contribution in [1.82, 2.24) is 4.90 Å². The molecule has 0 atom stereocenters. The molecule has 10 heteroatoms. The number of halogens is 1. The van der Waals surface area contributed by atoms with E-state index in [-0.39, 0.29) is 53.6 Å². The number of methoxy groups -OCH3 is 2. The first-order valence-electron chi connectivity index (χ1n) is 14.0. The number of ether oxygens (including phenoxy) is 3. The zero-order chi connectivity index (χ0) is 29.9. The summed E-state index contributed by atoms with van der Waals surface area (Å²) in [4.78, 5) is 28.5. The van der Waals surface area contributed by atoms with Crippen LogP contribution in [0.3, 0.4) is 0 Å². The topological polar surface area (TPSA) is 112 Å². The van der Waals surface area contributed by atoms with Gasteiger partial charge in [0, 0.05) is 37.2 Å². The summed E-state index contributed by atoms with van der Waals surface area (Å²) in [5.41, 5.74) is 2.61. The van der Waals surface area contributed by atoms with Gasteiger partial charge in [-0.3, -0.25) is 15.0 Å². The van der Waals surface area contributed by atoms with E-state index in [0.29, 0.717) is 30.6 Å². The van der Waals surface area contributed by atoms with Crippen molar-refractivity contribution in [3.63, 3.8) is 0 Å². The van der Waals surface area contributed by atoms with Crippen LogP contribution in [0.4, 0.5) is 10.1 Å². The fraction of sp³-hybridized carbons (Fsp3) is 0.516. The maximum Gasteiger partial charge on any atom is 0.303 e. The fourth-order valence-electron chi connectivity index (χ4n) is 5.45. The Bertz CT molecular complexity index is 1330. The van der Waals surface area contributed by atoms with E-state index in [1.807, 2.05) is 12.1 Å². The van der Waals surface area contributed by atoms with Crippen LogP contribution in [0.1, 0.15) is 79.9 Å². The van der Waals surface area contributed by atoms with Crippen molar-refractivity contribution in [1.29, 1.82) is 5.41 Å². The van der Waals surface area contributed by atoms with E-state index >= 15 is 4.39 Å². The van der Waals surface area contributed by atoms with Crippen LogP contribution in [0.5, 0.6) is 17.2 Å². The molecule has 4 rings (SSSR count). The predicted octanol–water partition coefficient (Wildman–Crippen LogP) is 5.40. The summed E-state index contributed by atoms with van der Waals surface area (Å²) in [6.45, 7) is 8.41. The molecule has 2 aromatic carbocycles. The Kier molecular flexibility index (Phi) is 9.09. The maximum atomic E-state index is 15.2. The van der Waals surface area contributed by atoms with E-state index in [4.69, 9.17) is 24.7 Å². The van der Waals surface area contributed by atoms with Crippen LogP contribution in [0, 0.1) is 11.2 Å². The molecule has 0 unspecified atom stereocenters. The molecule has 0 radical (unpaired) electrons. The number of carboxylic acids is 1. The summed E-state index contributed by atoms with van der Waals surface area (Å²) in [6, 6.07) is 5.39. The molecule has 0 aliphatic carbocycles. The molecule has 222 valence electrons. The van der Waals surface area contributed by atoms with Crippen LogP contribution in [0.25, 0.3) is 0 Å². The molecule has 9 nitrogen and oxygen atoms in total. The molecule has 1 saturated heterocycles. The lowest BCUT2D eigenvalue weighted by Gasteiger charge is -2.30. The molecule has 0 amide bonds. The summed E-state index contributed by atoms with van der Waals surface area (Å²) in [7, 11) is 2.78. The maximum absolute atomic E-state index is 15.2. The van der Waals surface area contributed by atoms with Crippen LogP contribution in [-0.2, 0) is 16.8 Å². The minimum atomic E-state index is -0.823. The number of carbonyl (C=O) groups excluding carboxylic acids is 1. The van der Waals surface area contributed by atoms with Gasteiger partial charge >= 0.3 is 5.97 Å². The minimum Gasteiger partial charge on any atom is -0.493 e. The smallest absolute Gasteiger partial charge is 0.303 e. The van der Waals surface area contributed by atoms with Crippen molar-refractivity contribution >= 4 is 23.3 Å². The van der Waals surface area contributed by atoms with Crippen LogP contribution < -0.4 is 19.1 Å². The third-order valence-corrected chi connectivity index (χ3v) is 7.62. The number of fused-ring (bicyclic) bond motifs is 1. The number of anilines is 1. The van der Waals surface area contributed by atoms with E-state index in [1.54, 1.807) is 11.0 Å². The number of unbranched alkanes of at least 4 members (excludes halogenated alkanes) is 1. The van der Waals surface area contributed by atoms with Crippen molar-refractivity contribution in [2.45, 2.75) is 64.8 Å². The van der Waals surface area contributed by atoms with Crippen molar-refractivity contribution in [3.05, 3.63) is 46.3 Å². The number of carboxylic acid groups (broad SMARTS) is 1. The number of benzene rings is 2. The lowest BCUT2D eigenvalue weighted by atomic mass is 9.84. The zero-order valence-electron chi connectivity index (χ0n) is 24.6. The molecule has 0 saturated carbocycles. The van der Waals surface area contributed by atoms with Gasteiger partial charge in [-0.05, 0) is 54.9 Å². The van der Waals surface area contributed by atoms with Crippen molar-refractivity contribution in [2.75, 3.05) is 45.4 Å². The number of aliphatic carboxylic acids is 1. The first-order valence-corrected chi connectivity index (χ1v) is 14.0. The number of carbonyl (C=O) groups is 2. The van der Waals surface area contributed by atoms with Crippen LogP contribution in [0.2, 0.25) is 0 Å². The van der Waals surface area contributed by atoms with Gasteiger partial charge in [-0.15, -0.1) is 0 Å². The molecule has 41 heavy (non-hydrogen) atoms. The first kappa shape index (κ1) is 30.1. The van der Waals surface area contributed by atoms with Gasteiger partial charge in [-0.2, -0.15) is 0 Å². The molecule has 0 bridgehead atoms. The largest absolute Gasteiger partial charge is 0.493 e. The Morgan fingerprint density at radius 1 is 1.05 bits per heavy atom. The summed E-state index contributed by atoms with van der Waals surface area (Å²) < 4.78 is 32.0. The number of Topliss-reactive ketones (excluding diaryl/α,β-unsaturated/α-hetero) is 1. The van der Waals surface area contributed by atoms with Crippen LogP contribution in [-0.4, -0.2) is 68.1 Å². The SMILES string of the molecule is COc1cc2c(c(F)c1OC)C(=N)N(CC(=O)c1cc(N3CCCC3)c(OCCCCC(=O)O)c(C(C)(C)C)c1)C2. The molecule has 0 spiro atoms. The summed E-state index contributed by atoms with van der Waals surface area (Å²) in [5, 5.41) is 17.6. The number of rotatable bonds is 12. The second-order valence-electron chi connectivity index (χ2n) is 11.6. The monoisotopic (exact) mass is 569 g/mol. The van der Waals surface area contributed by atoms with Gasteiger partial charge in [0.15, 0.2) is 23.1 Å². The molecule has 2 heterocycles. The fourth-order valence-corrected chi connectivity index (χ4v) is 5.45. The number of ketones is 1. The highest BCUT2D eigenvalue weighted by Gasteiger charge is 2.34. The molecule has 2 aromatic rings. The van der Waals surface area contributed by atoms with E-state index in [1.165, 1.54) is 14.2 Å². The quantitative estimate of drug-likeness (QED) is 0.258. The van der Waals surface area contributed by atoms with Crippen molar-refractivity contribution in [2.24, 2.45) is 0 Å². The highest BCUT2D eigenvalue weighted by atomic mass is 19.1. The van der Waals surface area contributed by atoms with Gasteiger partial charge in [-0.25, -0.2) is 4.39 Å². The molecule has 2 N–H and O–H groups in total. The van der Waals surface area contributed by atoms with Gasteiger partial charge in [0.05, 0.1) is 38.6 Å². The lowest BCUT2D eigenvalue weighted by molar-refractivity contribution is -0.137. The number of hydrogen-bond acceptors (Lipinski definition) is 7. The highest BCUT2D eigenvalue weighted by Crippen LogP contribution is 2.42. The van der Waals surface area contributed by atoms with Crippen LogP contribution in [0.15, 0.2) is 18.2 Å². The number of nitrogens with zero attached hydrogens (tertiary/aromatic N) is 2. The Balaban J connectivity index is 1.63. The second-order valence-corrected chi connectivity index (χ2v) is 11.6. The molecule has 2 aliphatic heterocycles. The third kappa shape index (κ3) is 6.41. The third-order valence-electron chi connectivity index (χ3n) is 7.62. The standard InChI is InChI=1S/C31H40FN3O6/c1-31(2,3)21-14-19(15-22(34-11-7-8-12-34)28(21)41-13-9-6-10-25(37)38)23(36)18-35-17-20-16-24(39-4)29(40-5)27(32)26(20)30(35)33/h14-16,33H,6-13,17-18H2,1-5H3,(H,37,38). The second kappa shape index (κ2) is 12.4. The Morgan fingerprint density at radius 2 is 1.76 bits per heavy atom. The summed E-state index contributed by atoms with van der Waals surface area (Å²) in [5.74, 6) is -0.825. The van der Waals surface area contributed by atoms with Gasteiger partial charge in [0.25, 0.3) is 0 Å². The minimum absolute atomic E-state index is 0.0622. The van der Waals surface area contributed by atoms with Crippen molar-refractivity contribution < 1.29 is 33.3 Å². The predicted molar refractivity (Wildman–Crippen MR) is 155 cm³/mol. The number of nitrogens with one attached hydrogen (secondary N) is 1. The highest BCUT2D eigenvalue weighted by molar-refractivity contribution is 6.06. The number of amidine groups is 1. The van der Waals surface area contributed by atoms with E-state index in [9.17, 15) is 9.59 Å². The lowest BCUT2D eigenvalue weighted by Crippen LogP contribution is -2.31. The molecular formula is C31H40FN3O6. The summed E-state index contributed by atoms with van der Waals surface area (Å²) >= 11 is 0. The van der Waals surface area contributed by atoms with Gasteiger partial charge in [0.2, 0.25) is 0 Å². The van der Waals surface area contributed by atoms with E-state index in [0.717, 1.165) is 42.9 Å². The molecular weight excluding hydrogens is 529 g/mol. The van der Waals surface area contributed by atoms with E-state index in [2.05, 4.69) is 25.7 Å². The molecule has 1 fully saturated rings. The first-order chi connectivity index (χ1) is 19.5. The van der Waals surface area contributed by atoms with Gasteiger partial charge < -0.3 is 29.1 Å². The van der Waals surface area contributed by atoms with E-state index < -0.39 is 11.8 Å². The van der Waals surface area contributed by atoms with Crippen LogP contribution >= 0.6 is 0 Å². The van der Waals surface area contributed by atoms with Crippen molar-refractivity contribution in [3.8, 4) is 17.2 Å². The average Bonchev–Trinajstić information content (AvgIpc) is 3.56. The zero-order valence-corrected chi connectivity index (χ0v) is 24.6. The molecule has 0 aromatic heterocycles. The average molecular weight is 570 g/mol. The Labute approximate surface area is 240 Å². The Hall–Kier alpha value is -3.82. The number of hydrogen-bond donors (Lipinski definition) is 2. The van der Waals surface area contributed by atoms with Gasteiger partial charge in [0.1, 0.15) is 11.6 Å².